The number of halogens is 1. The number of benzene rings is 2. The first-order chi connectivity index (χ1) is 15.1. The lowest BCUT2D eigenvalue weighted by Crippen LogP contribution is -2.46. The van der Waals surface area contributed by atoms with E-state index in [4.69, 9.17) is 11.6 Å². The van der Waals surface area contributed by atoms with Crippen molar-refractivity contribution < 1.29 is 9.59 Å². The number of para-hydroxylation sites is 1. The van der Waals surface area contributed by atoms with Crippen molar-refractivity contribution in [2.24, 2.45) is 5.92 Å². The summed E-state index contributed by atoms with van der Waals surface area (Å²) >= 11 is 5.93. The molecule has 4 rings (SSSR count). The number of aromatic nitrogens is 2. The number of carbonyl (C=O) groups excluding carboxylic acids is 2. The Labute approximate surface area is 186 Å². The number of hydrogen-bond donors (Lipinski definition) is 2. The van der Waals surface area contributed by atoms with E-state index in [1.54, 1.807) is 15.8 Å². The molecule has 1 saturated heterocycles. The van der Waals surface area contributed by atoms with Gasteiger partial charge in [0.05, 0.1) is 17.8 Å². The van der Waals surface area contributed by atoms with Gasteiger partial charge in [-0.05, 0) is 49.2 Å². The number of carbonyl (C=O) groups is 2. The van der Waals surface area contributed by atoms with Gasteiger partial charge in [0.15, 0.2) is 0 Å². The van der Waals surface area contributed by atoms with E-state index in [-0.39, 0.29) is 17.9 Å². The van der Waals surface area contributed by atoms with Crippen molar-refractivity contribution in [1.29, 1.82) is 0 Å². The highest BCUT2D eigenvalue weighted by atomic mass is 35.5. The van der Waals surface area contributed by atoms with E-state index in [1.807, 2.05) is 60.8 Å². The van der Waals surface area contributed by atoms with E-state index in [0.29, 0.717) is 24.7 Å². The second-order valence-corrected chi connectivity index (χ2v) is 8.01. The first kappa shape index (κ1) is 20.9. The fourth-order valence-electron chi connectivity index (χ4n) is 3.62. The first-order valence-corrected chi connectivity index (χ1v) is 10.6. The summed E-state index contributed by atoms with van der Waals surface area (Å²) in [5, 5.41) is 10.9. The van der Waals surface area contributed by atoms with Gasteiger partial charge in [-0.3, -0.25) is 4.79 Å². The van der Waals surface area contributed by atoms with Gasteiger partial charge >= 0.3 is 6.03 Å². The second-order valence-electron chi connectivity index (χ2n) is 7.57. The molecule has 1 unspecified atom stereocenters. The minimum absolute atomic E-state index is 0.0449. The summed E-state index contributed by atoms with van der Waals surface area (Å²) in [6.07, 6.45) is 5.18. The van der Waals surface area contributed by atoms with Crippen molar-refractivity contribution in [2.75, 3.05) is 18.4 Å². The Morgan fingerprint density at radius 3 is 2.65 bits per heavy atom. The fourth-order valence-corrected chi connectivity index (χ4v) is 3.75. The number of piperidine rings is 1. The molecule has 2 heterocycles. The minimum Gasteiger partial charge on any atom is -0.352 e. The first-order valence-electron chi connectivity index (χ1n) is 10.3. The number of likely N-dealkylation sites (tertiary alicyclic amines) is 1. The molecule has 0 saturated carbocycles. The van der Waals surface area contributed by atoms with Crippen molar-refractivity contribution in [1.82, 2.24) is 20.0 Å². The van der Waals surface area contributed by atoms with Crippen molar-refractivity contribution in [2.45, 2.75) is 19.4 Å². The summed E-state index contributed by atoms with van der Waals surface area (Å²) in [4.78, 5) is 26.9. The third kappa shape index (κ3) is 5.44. The Bertz CT molecular complexity index is 1040. The van der Waals surface area contributed by atoms with Gasteiger partial charge in [-0.25, -0.2) is 9.48 Å². The van der Waals surface area contributed by atoms with Gasteiger partial charge in [-0.2, -0.15) is 5.10 Å². The zero-order chi connectivity index (χ0) is 21.6. The van der Waals surface area contributed by atoms with E-state index in [2.05, 4.69) is 15.7 Å². The average Bonchev–Trinajstić information content (AvgIpc) is 3.28. The van der Waals surface area contributed by atoms with Crippen molar-refractivity contribution in [3.8, 4) is 5.69 Å². The molecule has 2 N–H and O–H groups in total. The van der Waals surface area contributed by atoms with Crippen molar-refractivity contribution >= 4 is 29.2 Å². The van der Waals surface area contributed by atoms with Crippen LogP contribution in [-0.4, -0.2) is 39.7 Å². The summed E-state index contributed by atoms with van der Waals surface area (Å²) in [6, 6.07) is 16.5. The highest BCUT2D eigenvalue weighted by Crippen LogP contribution is 2.19. The molecule has 7 nitrogen and oxygen atoms in total. The zero-order valence-corrected chi connectivity index (χ0v) is 17.8. The van der Waals surface area contributed by atoms with Gasteiger partial charge in [-0.15, -0.1) is 0 Å². The van der Waals surface area contributed by atoms with Gasteiger partial charge in [0.2, 0.25) is 5.91 Å². The van der Waals surface area contributed by atoms with Crippen LogP contribution in [0.2, 0.25) is 5.02 Å². The highest BCUT2D eigenvalue weighted by Gasteiger charge is 2.28. The van der Waals surface area contributed by atoms with E-state index >= 15 is 0 Å². The standard InChI is InChI=1S/C23H24ClN5O2/c24-19-8-10-21(11-9-19)29-15-17(14-26-29)13-25-22(30)18-5-4-12-28(16-18)23(31)27-20-6-2-1-3-7-20/h1-3,6-11,14-15,18H,4-5,12-13,16H2,(H,25,30)(H,27,31). The lowest BCUT2D eigenvalue weighted by molar-refractivity contribution is -0.126. The Morgan fingerprint density at radius 2 is 1.87 bits per heavy atom. The van der Waals surface area contributed by atoms with Crippen molar-refractivity contribution in [3.05, 3.63) is 77.6 Å². The van der Waals surface area contributed by atoms with Crippen molar-refractivity contribution in [3.63, 3.8) is 0 Å². The second kappa shape index (κ2) is 9.66. The molecule has 160 valence electrons. The lowest BCUT2D eigenvalue weighted by atomic mass is 9.97. The van der Waals surface area contributed by atoms with Crippen LogP contribution in [0.4, 0.5) is 10.5 Å². The minimum atomic E-state index is -0.221. The summed E-state index contributed by atoms with van der Waals surface area (Å²) in [6.45, 7) is 1.45. The van der Waals surface area contributed by atoms with Gasteiger partial charge in [0.25, 0.3) is 0 Å². The number of nitrogens with zero attached hydrogens (tertiary/aromatic N) is 3. The van der Waals surface area contributed by atoms with Crippen LogP contribution in [0, 0.1) is 5.92 Å². The molecule has 31 heavy (non-hydrogen) atoms. The number of urea groups is 1. The number of rotatable bonds is 5. The smallest absolute Gasteiger partial charge is 0.321 e. The van der Waals surface area contributed by atoms with Gasteiger partial charge < -0.3 is 15.5 Å². The largest absolute Gasteiger partial charge is 0.352 e. The maximum Gasteiger partial charge on any atom is 0.321 e. The Kier molecular flexibility index (Phi) is 6.52. The molecule has 0 aliphatic carbocycles. The van der Waals surface area contributed by atoms with Gasteiger partial charge in [0.1, 0.15) is 0 Å². The number of anilines is 1. The molecule has 0 bridgehead atoms. The maximum absolute atomic E-state index is 12.7. The molecular formula is C23H24ClN5O2. The lowest BCUT2D eigenvalue weighted by Gasteiger charge is -2.32. The third-order valence-corrected chi connectivity index (χ3v) is 5.55. The maximum atomic E-state index is 12.7. The van der Waals surface area contributed by atoms with Crippen LogP contribution in [0.25, 0.3) is 5.69 Å². The number of nitrogens with one attached hydrogen (secondary N) is 2. The Morgan fingerprint density at radius 1 is 1.10 bits per heavy atom. The van der Waals surface area contributed by atoms with Crippen LogP contribution in [0.15, 0.2) is 67.0 Å². The topological polar surface area (TPSA) is 79.3 Å². The van der Waals surface area contributed by atoms with E-state index < -0.39 is 0 Å². The van der Waals surface area contributed by atoms with E-state index in [9.17, 15) is 9.59 Å². The third-order valence-electron chi connectivity index (χ3n) is 5.30. The molecule has 0 spiro atoms. The summed E-state index contributed by atoms with van der Waals surface area (Å²) in [7, 11) is 0. The van der Waals surface area contributed by atoms with E-state index in [1.165, 1.54) is 0 Å². The molecule has 1 aliphatic heterocycles. The SMILES string of the molecule is O=C(NCc1cnn(-c2ccc(Cl)cc2)c1)C1CCCN(C(=O)Nc2ccccc2)C1. The predicted octanol–water partition coefficient (Wildman–Crippen LogP) is 4.09. The molecule has 3 amide bonds. The van der Waals surface area contributed by atoms with Crippen LogP contribution in [0.1, 0.15) is 18.4 Å². The molecule has 2 aromatic carbocycles. The summed E-state index contributed by atoms with van der Waals surface area (Å²) in [5.74, 6) is -0.266. The van der Waals surface area contributed by atoms with Crippen LogP contribution in [0.3, 0.4) is 0 Å². The molecule has 1 atom stereocenters. The highest BCUT2D eigenvalue weighted by molar-refractivity contribution is 6.30. The Hall–Kier alpha value is -3.32. The summed E-state index contributed by atoms with van der Waals surface area (Å²) < 4.78 is 1.74. The number of hydrogen-bond acceptors (Lipinski definition) is 3. The molecular weight excluding hydrogens is 414 g/mol. The molecule has 1 fully saturated rings. The molecule has 1 aromatic heterocycles. The van der Waals surface area contributed by atoms with Gasteiger partial charge in [0, 0.05) is 42.1 Å². The van der Waals surface area contributed by atoms with E-state index in [0.717, 1.165) is 29.8 Å². The fraction of sp³-hybridized carbons (Fsp3) is 0.261. The van der Waals surface area contributed by atoms with Crippen LogP contribution >= 0.6 is 11.6 Å². The molecule has 8 heteroatoms. The Balaban J connectivity index is 1.29. The molecule has 3 aromatic rings. The average molecular weight is 438 g/mol. The monoisotopic (exact) mass is 437 g/mol. The van der Waals surface area contributed by atoms with Crippen LogP contribution in [-0.2, 0) is 11.3 Å². The van der Waals surface area contributed by atoms with Crippen LogP contribution < -0.4 is 10.6 Å². The summed E-state index contributed by atoms with van der Waals surface area (Å²) in [5.41, 5.74) is 2.55. The quantitative estimate of drug-likeness (QED) is 0.631. The molecule has 1 aliphatic rings. The number of amides is 3. The van der Waals surface area contributed by atoms with Crippen LogP contribution in [0.5, 0.6) is 0 Å². The van der Waals surface area contributed by atoms with Gasteiger partial charge in [-0.1, -0.05) is 29.8 Å². The predicted molar refractivity (Wildman–Crippen MR) is 120 cm³/mol. The molecule has 0 radical (unpaired) electrons. The normalized spacial score (nSPS) is 16.0. The zero-order valence-electron chi connectivity index (χ0n) is 17.0.